The van der Waals surface area contributed by atoms with E-state index in [0.717, 1.165) is 18.5 Å². The molecule has 26 heavy (non-hydrogen) atoms. The number of anilines is 2. The van der Waals surface area contributed by atoms with Crippen molar-refractivity contribution >= 4 is 45.4 Å². The van der Waals surface area contributed by atoms with Gasteiger partial charge in [0.15, 0.2) is 5.52 Å². The Balaban J connectivity index is 2.25. The summed E-state index contributed by atoms with van der Waals surface area (Å²) >= 11 is 5.68. The van der Waals surface area contributed by atoms with Crippen molar-refractivity contribution in [1.82, 2.24) is 9.97 Å². The monoisotopic (exact) mass is 381 g/mol. The molecule has 0 aliphatic carbocycles. The number of hydrogen-bond acceptors (Lipinski definition) is 7. The Morgan fingerprint density at radius 2 is 1.81 bits per heavy atom. The molecule has 132 valence electrons. The molecular weight excluding hydrogens is 376 g/mol. The molecule has 0 saturated carbocycles. The van der Waals surface area contributed by atoms with E-state index in [1.165, 1.54) is 12.1 Å². The summed E-state index contributed by atoms with van der Waals surface area (Å²) in [6.07, 6.45) is 0.925. The zero-order chi connectivity index (χ0) is 19.0. The van der Waals surface area contributed by atoms with Crippen LogP contribution in [0.3, 0.4) is 0 Å². The van der Waals surface area contributed by atoms with Crippen LogP contribution >= 0.6 is 11.6 Å². The summed E-state index contributed by atoms with van der Waals surface area (Å²) in [5.41, 5.74) is -2.41. The first kappa shape index (κ1) is 17.4. The number of rotatable bonds is 4. The maximum atomic E-state index is 14.1. The Kier molecular flexibility index (Phi) is 4.30. The first-order chi connectivity index (χ1) is 12.3. The average Bonchev–Trinajstić information content (AvgIpc) is 2.57. The molecule has 0 spiro atoms. The molecule has 3 aromatic rings. The van der Waals surface area contributed by atoms with Gasteiger partial charge in [-0.15, -0.1) is 0 Å². The Morgan fingerprint density at radius 1 is 1.08 bits per heavy atom. The lowest BCUT2D eigenvalue weighted by molar-refractivity contribution is -0.398. The van der Waals surface area contributed by atoms with Crippen LogP contribution in [0.2, 0.25) is 5.02 Å². The van der Waals surface area contributed by atoms with E-state index in [-0.39, 0.29) is 21.9 Å². The minimum Gasteiger partial charge on any atom is -0.340 e. The maximum absolute atomic E-state index is 14.1. The fraction of sp³-hybridized carbons (Fsp3) is 0. The van der Waals surface area contributed by atoms with Gasteiger partial charge >= 0.3 is 11.4 Å². The molecular formula is C14H6ClF2N5O4. The first-order valence-corrected chi connectivity index (χ1v) is 7.15. The number of hydrogen-bond donors (Lipinski definition) is 1. The number of nitro groups is 2. The fourth-order valence-electron chi connectivity index (χ4n) is 2.26. The summed E-state index contributed by atoms with van der Waals surface area (Å²) in [6, 6.07) is 4.38. The minimum atomic E-state index is -1.61. The van der Waals surface area contributed by atoms with Gasteiger partial charge in [0, 0.05) is 11.8 Å². The smallest absolute Gasteiger partial charge is 0.338 e. The molecule has 0 atom stereocenters. The van der Waals surface area contributed by atoms with Crippen LogP contribution in [0.5, 0.6) is 0 Å². The van der Waals surface area contributed by atoms with E-state index >= 15 is 0 Å². The zero-order valence-corrected chi connectivity index (χ0v) is 13.2. The van der Waals surface area contributed by atoms with Gasteiger partial charge in [-0.2, -0.15) is 4.39 Å². The standard InChI is InChI=1S/C14H6ClF2N5O4/c15-8-3-6(1-2-9(8)16)20-14-7-4-10(21(23)24)11(17)13(22(25)26)12(7)18-5-19-14/h1-5H,(H,18,19,20). The van der Waals surface area contributed by atoms with Crippen molar-refractivity contribution in [3.05, 3.63) is 67.5 Å². The third kappa shape index (κ3) is 2.95. The molecule has 0 aliphatic rings. The summed E-state index contributed by atoms with van der Waals surface area (Å²) < 4.78 is 27.4. The highest BCUT2D eigenvalue weighted by atomic mass is 35.5. The van der Waals surface area contributed by atoms with Gasteiger partial charge < -0.3 is 5.32 Å². The van der Waals surface area contributed by atoms with Crippen LogP contribution in [0.4, 0.5) is 31.7 Å². The molecule has 0 aliphatic heterocycles. The van der Waals surface area contributed by atoms with E-state index in [4.69, 9.17) is 11.6 Å². The van der Waals surface area contributed by atoms with Gasteiger partial charge in [-0.1, -0.05) is 11.6 Å². The number of benzene rings is 2. The van der Waals surface area contributed by atoms with Crippen molar-refractivity contribution in [2.24, 2.45) is 0 Å². The number of fused-ring (bicyclic) bond motifs is 1. The maximum Gasteiger partial charge on any atom is 0.338 e. The van der Waals surface area contributed by atoms with Gasteiger partial charge in [-0.25, -0.2) is 14.4 Å². The highest BCUT2D eigenvalue weighted by molar-refractivity contribution is 6.31. The van der Waals surface area contributed by atoms with Crippen molar-refractivity contribution in [2.75, 3.05) is 5.32 Å². The fourth-order valence-corrected chi connectivity index (χ4v) is 2.44. The van der Waals surface area contributed by atoms with Crippen molar-refractivity contribution in [2.45, 2.75) is 0 Å². The lowest BCUT2D eigenvalue weighted by atomic mass is 10.1. The van der Waals surface area contributed by atoms with Crippen LogP contribution in [0.15, 0.2) is 30.6 Å². The van der Waals surface area contributed by atoms with E-state index in [2.05, 4.69) is 15.3 Å². The molecule has 9 nitrogen and oxygen atoms in total. The van der Waals surface area contributed by atoms with Crippen LogP contribution in [-0.4, -0.2) is 19.8 Å². The Bertz CT molecular complexity index is 1080. The minimum absolute atomic E-state index is 0.0797. The third-order valence-electron chi connectivity index (χ3n) is 3.38. The Morgan fingerprint density at radius 3 is 2.42 bits per heavy atom. The third-order valence-corrected chi connectivity index (χ3v) is 3.67. The van der Waals surface area contributed by atoms with E-state index in [9.17, 15) is 29.0 Å². The van der Waals surface area contributed by atoms with Gasteiger partial charge in [0.25, 0.3) is 5.82 Å². The number of halogens is 3. The molecule has 0 amide bonds. The lowest BCUT2D eigenvalue weighted by Gasteiger charge is -2.09. The largest absolute Gasteiger partial charge is 0.340 e. The van der Waals surface area contributed by atoms with Crippen molar-refractivity contribution in [1.29, 1.82) is 0 Å². The number of nitrogens with zero attached hydrogens (tertiary/aromatic N) is 4. The van der Waals surface area contributed by atoms with E-state index in [1.54, 1.807) is 0 Å². The predicted molar refractivity (Wildman–Crippen MR) is 87.5 cm³/mol. The number of aromatic nitrogens is 2. The molecule has 0 saturated heterocycles. The summed E-state index contributed by atoms with van der Waals surface area (Å²) in [6.45, 7) is 0. The summed E-state index contributed by atoms with van der Waals surface area (Å²) in [7, 11) is 0. The van der Waals surface area contributed by atoms with E-state index in [1.807, 2.05) is 0 Å². The highest BCUT2D eigenvalue weighted by Gasteiger charge is 2.31. The number of nitro benzene ring substituents is 2. The SMILES string of the molecule is O=[N+]([O-])c1cc2c(Nc3ccc(F)c(Cl)c3)ncnc2c([N+](=O)[O-])c1F. The van der Waals surface area contributed by atoms with Crippen molar-refractivity contribution < 1.29 is 18.6 Å². The van der Waals surface area contributed by atoms with Crippen LogP contribution in [0.1, 0.15) is 0 Å². The molecule has 1 N–H and O–H groups in total. The normalized spacial score (nSPS) is 10.7. The summed E-state index contributed by atoms with van der Waals surface area (Å²) in [4.78, 5) is 27.5. The quantitative estimate of drug-likeness (QED) is 0.532. The van der Waals surface area contributed by atoms with Gasteiger partial charge in [-0.3, -0.25) is 20.2 Å². The molecule has 0 unspecified atom stereocenters. The molecule has 0 bridgehead atoms. The lowest BCUT2D eigenvalue weighted by Crippen LogP contribution is -2.03. The Hall–Kier alpha value is -3.47. The van der Waals surface area contributed by atoms with E-state index < -0.39 is 38.4 Å². The van der Waals surface area contributed by atoms with Crippen LogP contribution in [-0.2, 0) is 0 Å². The summed E-state index contributed by atoms with van der Waals surface area (Å²) in [5.74, 6) is -2.36. The zero-order valence-electron chi connectivity index (χ0n) is 12.4. The predicted octanol–water partition coefficient (Wildman–Crippen LogP) is 4.12. The molecule has 12 heteroatoms. The second-order valence-electron chi connectivity index (χ2n) is 4.94. The highest BCUT2D eigenvalue weighted by Crippen LogP contribution is 2.37. The summed E-state index contributed by atoms with van der Waals surface area (Å²) in [5, 5.41) is 24.5. The van der Waals surface area contributed by atoms with Crippen molar-refractivity contribution in [3.63, 3.8) is 0 Å². The molecule has 3 rings (SSSR count). The van der Waals surface area contributed by atoms with Gasteiger partial charge in [0.2, 0.25) is 0 Å². The van der Waals surface area contributed by atoms with Crippen molar-refractivity contribution in [3.8, 4) is 0 Å². The Labute approximate surface area is 147 Å². The second kappa shape index (κ2) is 6.44. The first-order valence-electron chi connectivity index (χ1n) is 6.77. The number of nitrogens with one attached hydrogen (secondary N) is 1. The molecule has 1 heterocycles. The van der Waals surface area contributed by atoms with Crippen LogP contribution < -0.4 is 5.32 Å². The van der Waals surface area contributed by atoms with Crippen LogP contribution in [0.25, 0.3) is 10.9 Å². The van der Waals surface area contributed by atoms with Gasteiger partial charge in [0.1, 0.15) is 18.0 Å². The second-order valence-corrected chi connectivity index (χ2v) is 5.35. The molecule has 2 aromatic carbocycles. The van der Waals surface area contributed by atoms with E-state index in [0.29, 0.717) is 0 Å². The van der Waals surface area contributed by atoms with Gasteiger partial charge in [0.05, 0.1) is 20.3 Å². The topological polar surface area (TPSA) is 124 Å². The van der Waals surface area contributed by atoms with Gasteiger partial charge in [-0.05, 0) is 18.2 Å². The average molecular weight is 382 g/mol. The van der Waals surface area contributed by atoms with Crippen LogP contribution in [0, 0.1) is 31.9 Å². The molecule has 0 fully saturated rings. The molecule has 0 radical (unpaired) electrons. The molecule has 1 aromatic heterocycles.